The molecule has 2 aliphatic rings. The Kier molecular flexibility index (Phi) is 5.91. The van der Waals surface area contributed by atoms with Crippen LogP contribution in [0.25, 0.3) is 11.3 Å². The molecular weight excluding hydrogens is 472 g/mol. The summed E-state index contributed by atoms with van der Waals surface area (Å²) in [6, 6.07) is 10.3. The van der Waals surface area contributed by atoms with E-state index in [2.05, 4.69) is 9.97 Å². The SMILES string of the molecule is Cc1cc(S(=O)(=O)N2CC[C@@H]3[C@H]2CCN3C(=O)c2cccc(-c3cnccn3)c2)c(C)cc1Cl. The van der Waals surface area contributed by atoms with Gasteiger partial charge < -0.3 is 4.90 Å². The van der Waals surface area contributed by atoms with E-state index in [0.717, 1.165) is 11.1 Å². The van der Waals surface area contributed by atoms with Crippen LogP contribution in [0.3, 0.4) is 0 Å². The summed E-state index contributed by atoms with van der Waals surface area (Å²) >= 11 is 6.19. The molecule has 2 aliphatic heterocycles. The zero-order chi connectivity index (χ0) is 24.0. The van der Waals surface area contributed by atoms with Crippen molar-refractivity contribution < 1.29 is 13.2 Å². The number of hydrogen-bond acceptors (Lipinski definition) is 5. The number of benzene rings is 2. The van der Waals surface area contributed by atoms with Gasteiger partial charge in [-0.3, -0.25) is 14.8 Å². The van der Waals surface area contributed by atoms with Gasteiger partial charge in [0, 0.05) is 53.7 Å². The molecule has 0 radical (unpaired) electrons. The lowest BCUT2D eigenvalue weighted by Crippen LogP contribution is -2.41. The summed E-state index contributed by atoms with van der Waals surface area (Å²) in [5.74, 6) is -0.0870. The minimum atomic E-state index is -3.70. The first-order valence-corrected chi connectivity index (χ1v) is 13.0. The Balaban J connectivity index is 1.39. The van der Waals surface area contributed by atoms with Crippen LogP contribution in [-0.2, 0) is 10.0 Å². The van der Waals surface area contributed by atoms with Gasteiger partial charge in [-0.1, -0.05) is 23.7 Å². The van der Waals surface area contributed by atoms with Gasteiger partial charge in [-0.15, -0.1) is 0 Å². The molecule has 176 valence electrons. The number of rotatable bonds is 4. The van der Waals surface area contributed by atoms with Crippen molar-refractivity contribution in [1.82, 2.24) is 19.2 Å². The Hall–Kier alpha value is -2.81. The molecule has 34 heavy (non-hydrogen) atoms. The van der Waals surface area contributed by atoms with Crippen LogP contribution in [-0.4, -0.2) is 58.7 Å². The minimum Gasteiger partial charge on any atom is -0.334 e. The number of sulfonamides is 1. The number of hydrogen-bond donors (Lipinski definition) is 0. The van der Waals surface area contributed by atoms with Crippen LogP contribution >= 0.6 is 11.6 Å². The van der Waals surface area contributed by atoms with Gasteiger partial charge in [-0.05, 0) is 62.1 Å². The third-order valence-electron chi connectivity index (χ3n) is 6.80. The highest BCUT2D eigenvalue weighted by molar-refractivity contribution is 7.89. The quantitative estimate of drug-likeness (QED) is 0.543. The number of aryl methyl sites for hydroxylation is 2. The van der Waals surface area contributed by atoms with Crippen LogP contribution < -0.4 is 0 Å². The highest BCUT2D eigenvalue weighted by Crippen LogP contribution is 2.37. The molecule has 1 amide bonds. The second kappa shape index (κ2) is 8.76. The zero-order valence-corrected chi connectivity index (χ0v) is 20.6. The van der Waals surface area contributed by atoms with Crippen LogP contribution in [0.2, 0.25) is 5.02 Å². The van der Waals surface area contributed by atoms with Crippen LogP contribution in [0.4, 0.5) is 0 Å². The first kappa shape index (κ1) is 23.0. The van der Waals surface area contributed by atoms with Crippen molar-refractivity contribution in [2.75, 3.05) is 13.1 Å². The molecule has 0 unspecified atom stereocenters. The summed E-state index contributed by atoms with van der Waals surface area (Å²) in [4.78, 5) is 24.0. The molecule has 2 atom stereocenters. The van der Waals surface area contributed by atoms with Crippen LogP contribution in [0.5, 0.6) is 0 Å². The summed E-state index contributed by atoms with van der Waals surface area (Å²) < 4.78 is 28.7. The third kappa shape index (κ3) is 3.89. The molecule has 0 spiro atoms. The number of likely N-dealkylation sites (tertiary alicyclic amines) is 1. The van der Waals surface area contributed by atoms with Gasteiger partial charge in [0.15, 0.2) is 0 Å². The number of aromatic nitrogens is 2. The molecule has 3 aromatic rings. The molecule has 0 N–H and O–H groups in total. The molecule has 9 heteroatoms. The zero-order valence-electron chi connectivity index (χ0n) is 19.0. The summed E-state index contributed by atoms with van der Waals surface area (Å²) in [7, 11) is -3.70. The predicted molar refractivity (Wildman–Crippen MR) is 130 cm³/mol. The lowest BCUT2D eigenvalue weighted by atomic mass is 10.1. The van der Waals surface area contributed by atoms with Crippen molar-refractivity contribution in [3.05, 3.63) is 76.7 Å². The highest BCUT2D eigenvalue weighted by atomic mass is 35.5. The van der Waals surface area contributed by atoms with E-state index in [1.165, 1.54) is 0 Å². The summed E-state index contributed by atoms with van der Waals surface area (Å²) in [5, 5.41) is 0.553. The van der Waals surface area contributed by atoms with Crippen molar-refractivity contribution in [2.45, 2.75) is 43.7 Å². The summed E-state index contributed by atoms with van der Waals surface area (Å²) in [6.07, 6.45) is 6.12. The van der Waals surface area contributed by atoms with E-state index in [1.807, 2.05) is 23.1 Å². The first-order valence-electron chi connectivity index (χ1n) is 11.2. The lowest BCUT2D eigenvalue weighted by molar-refractivity contribution is 0.0735. The molecule has 0 bridgehead atoms. The topological polar surface area (TPSA) is 83.5 Å². The standard InChI is InChI=1S/C25H25ClN4O3S/c1-16-13-24(17(2)12-20(16)26)34(32,33)30-11-7-22-23(30)6-10-29(22)25(31)19-5-3-4-18(14-19)21-15-27-8-9-28-21/h3-5,8-9,12-15,22-23H,6-7,10-11H2,1-2H3/t22-,23-/m1/s1. The van der Waals surface area contributed by atoms with E-state index in [-0.39, 0.29) is 22.9 Å². The Morgan fingerprint density at radius 2 is 1.82 bits per heavy atom. The second-order valence-corrected chi connectivity index (χ2v) is 11.1. The van der Waals surface area contributed by atoms with Crippen molar-refractivity contribution in [3.8, 4) is 11.3 Å². The Morgan fingerprint density at radius 1 is 1.03 bits per heavy atom. The summed E-state index contributed by atoms with van der Waals surface area (Å²) in [6.45, 7) is 4.48. The first-order chi connectivity index (χ1) is 16.3. The van der Waals surface area contributed by atoms with Crippen LogP contribution in [0.15, 0.2) is 59.9 Å². The molecule has 2 saturated heterocycles. The number of halogens is 1. The molecule has 2 fully saturated rings. The van der Waals surface area contributed by atoms with Gasteiger partial charge >= 0.3 is 0 Å². The van der Waals surface area contributed by atoms with E-state index in [1.54, 1.807) is 54.9 Å². The number of amides is 1. The molecule has 5 rings (SSSR count). The maximum Gasteiger partial charge on any atom is 0.254 e. The number of carbonyl (C=O) groups is 1. The monoisotopic (exact) mass is 496 g/mol. The number of fused-ring (bicyclic) bond motifs is 1. The molecule has 1 aromatic heterocycles. The highest BCUT2D eigenvalue weighted by Gasteiger charge is 2.49. The largest absolute Gasteiger partial charge is 0.334 e. The van der Waals surface area contributed by atoms with E-state index in [9.17, 15) is 13.2 Å². The Bertz CT molecular complexity index is 1360. The molecule has 3 heterocycles. The predicted octanol–water partition coefficient (Wildman–Crippen LogP) is 4.09. The fourth-order valence-electron chi connectivity index (χ4n) is 5.08. The van der Waals surface area contributed by atoms with E-state index >= 15 is 0 Å². The molecule has 0 saturated carbocycles. The molecular formula is C25H25ClN4O3S. The van der Waals surface area contributed by atoms with E-state index in [4.69, 9.17) is 11.6 Å². The third-order valence-corrected chi connectivity index (χ3v) is 9.27. The van der Waals surface area contributed by atoms with Crippen molar-refractivity contribution in [3.63, 3.8) is 0 Å². The van der Waals surface area contributed by atoms with E-state index < -0.39 is 10.0 Å². The second-order valence-electron chi connectivity index (χ2n) is 8.86. The fourth-order valence-corrected chi connectivity index (χ4v) is 7.29. The fraction of sp³-hybridized carbons (Fsp3) is 0.320. The van der Waals surface area contributed by atoms with Gasteiger partial charge in [0.05, 0.1) is 16.8 Å². The maximum atomic E-state index is 13.6. The van der Waals surface area contributed by atoms with Crippen LogP contribution in [0, 0.1) is 13.8 Å². The lowest BCUT2D eigenvalue weighted by Gasteiger charge is -2.26. The minimum absolute atomic E-state index is 0.0870. The van der Waals surface area contributed by atoms with Crippen molar-refractivity contribution in [1.29, 1.82) is 0 Å². The van der Waals surface area contributed by atoms with Gasteiger partial charge in [0.2, 0.25) is 10.0 Å². The Morgan fingerprint density at radius 3 is 2.59 bits per heavy atom. The van der Waals surface area contributed by atoms with Gasteiger partial charge in [-0.2, -0.15) is 4.31 Å². The Labute approximate surface area is 204 Å². The average molecular weight is 497 g/mol. The smallest absolute Gasteiger partial charge is 0.254 e. The molecule has 7 nitrogen and oxygen atoms in total. The van der Waals surface area contributed by atoms with E-state index in [0.29, 0.717) is 47.8 Å². The van der Waals surface area contributed by atoms with Gasteiger partial charge in [0.1, 0.15) is 0 Å². The van der Waals surface area contributed by atoms with Gasteiger partial charge in [-0.25, -0.2) is 8.42 Å². The van der Waals surface area contributed by atoms with Crippen molar-refractivity contribution in [2.24, 2.45) is 0 Å². The number of carbonyl (C=O) groups excluding carboxylic acids is 1. The van der Waals surface area contributed by atoms with Gasteiger partial charge in [0.25, 0.3) is 5.91 Å². The normalized spacial score (nSPS) is 20.5. The molecule has 2 aromatic carbocycles. The molecule has 0 aliphatic carbocycles. The summed E-state index contributed by atoms with van der Waals surface area (Å²) in [5.41, 5.74) is 3.44. The number of nitrogens with zero attached hydrogens (tertiary/aromatic N) is 4. The average Bonchev–Trinajstić information content (AvgIpc) is 3.44. The van der Waals surface area contributed by atoms with Crippen LogP contribution in [0.1, 0.15) is 34.3 Å². The maximum absolute atomic E-state index is 13.6. The van der Waals surface area contributed by atoms with Crippen molar-refractivity contribution >= 4 is 27.5 Å².